The number of aromatic nitrogens is 4. The first-order chi connectivity index (χ1) is 21.5. The molecule has 1 aliphatic carbocycles. The maximum atomic E-state index is 12.7. The van der Waals surface area contributed by atoms with E-state index in [-0.39, 0.29) is 27.6 Å². The number of imidazole rings is 1. The molecule has 2 N–H and O–H groups in total. The van der Waals surface area contributed by atoms with Crippen LogP contribution in [0.3, 0.4) is 0 Å². The van der Waals surface area contributed by atoms with Crippen molar-refractivity contribution < 1.29 is 9.53 Å². The number of aryl methyl sites for hydroxylation is 1. The average Bonchev–Trinajstić information content (AvgIpc) is 3.52. The van der Waals surface area contributed by atoms with Gasteiger partial charge in [-0.2, -0.15) is 0 Å². The van der Waals surface area contributed by atoms with Gasteiger partial charge in [0.1, 0.15) is 11.6 Å². The first-order valence-electron chi connectivity index (χ1n) is 14.5. The summed E-state index contributed by atoms with van der Waals surface area (Å²) in [6.45, 7) is 1.69. The molecule has 3 heterocycles. The maximum Gasteiger partial charge on any atom is 0.254 e. The van der Waals surface area contributed by atoms with Crippen LogP contribution < -0.4 is 10.1 Å². The summed E-state index contributed by atoms with van der Waals surface area (Å²) in [5.41, 5.74) is 6.68. The number of nitrogens with zero attached hydrogens (tertiary/aromatic N) is 4. The third kappa shape index (κ3) is 6.78. The first kappa shape index (κ1) is 29.8. The minimum Gasteiger partial charge on any atom is -0.497 e. The maximum absolute atomic E-state index is 12.7. The number of benzene rings is 2. The summed E-state index contributed by atoms with van der Waals surface area (Å²) in [4.78, 5) is 32.2. The highest BCUT2D eigenvalue weighted by molar-refractivity contribution is 6.39. The number of hydrogen-bond donors (Lipinski definition) is 2. The molecule has 224 valence electrons. The fourth-order valence-electron chi connectivity index (χ4n) is 5.68. The van der Waals surface area contributed by atoms with Crippen molar-refractivity contribution in [3.8, 4) is 17.0 Å². The second-order valence-electron chi connectivity index (χ2n) is 10.8. The van der Waals surface area contributed by atoms with E-state index in [0.29, 0.717) is 19.6 Å². The number of carbonyl (C=O) groups excluding carboxylic acids is 1. The largest absolute Gasteiger partial charge is 0.497 e. The molecule has 1 unspecified atom stereocenters. The smallest absolute Gasteiger partial charge is 0.254 e. The number of hydrogen-bond acceptors (Lipinski definition) is 6. The Balaban J connectivity index is 1.19. The zero-order chi connectivity index (χ0) is 30.5. The fraction of sp³-hybridized carbons (Fsp3) is 0.235. The summed E-state index contributed by atoms with van der Waals surface area (Å²) in [7, 11) is 1.67. The molecule has 0 saturated carbocycles. The Kier molecular flexibility index (Phi) is 9.21. The number of aromatic amines is 1. The molecule has 6 rings (SSSR count). The Morgan fingerprint density at radius 1 is 1.05 bits per heavy atom. The quantitative estimate of drug-likeness (QED) is 0.170. The van der Waals surface area contributed by atoms with Gasteiger partial charge in [-0.25, -0.2) is 4.98 Å². The van der Waals surface area contributed by atoms with Crippen LogP contribution in [0.25, 0.3) is 11.3 Å². The molecule has 0 spiro atoms. The van der Waals surface area contributed by atoms with Crippen molar-refractivity contribution in [1.82, 2.24) is 30.2 Å². The summed E-state index contributed by atoms with van der Waals surface area (Å²) in [5, 5.41) is 3.34. The van der Waals surface area contributed by atoms with Gasteiger partial charge < -0.3 is 15.0 Å². The normalized spacial score (nSPS) is 14.3. The number of amides is 1. The van der Waals surface area contributed by atoms with Gasteiger partial charge in [0.15, 0.2) is 0 Å². The molecule has 0 fully saturated rings. The minimum atomic E-state index is -0.340. The third-order valence-electron chi connectivity index (χ3n) is 7.90. The van der Waals surface area contributed by atoms with Crippen LogP contribution in [0.2, 0.25) is 10.0 Å². The van der Waals surface area contributed by atoms with Crippen LogP contribution in [-0.4, -0.2) is 37.9 Å². The highest BCUT2D eigenvalue weighted by atomic mass is 35.5. The van der Waals surface area contributed by atoms with Crippen LogP contribution in [0.15, 0.2) is 85.5 Å². The molecule has 1 atom stereocenters. The molecule has 44 heavy (non-hydrogen) atoms. The number of methoxy groups -OCH3 is 1. The molecule has 2 aromatic carbocycles. The lowest BCUT2D eigenvalue weighted by Crippen LogP contribution is -2.31. The van der Waals surface area contributed by atoms with Crippen LogP contribution >= 0.6 is 23.2 Å². The molecular formula is C34H32Cl2N6O2. The second kappa shape index (κ2) is 13.6. The highest BCUT2D eigenvalue weighted by Crippen LogP contribution is 2.35. The van der Waals surface area contributed by atoms with Crippen molar-refractivity contribution in [1.29, 1.82) is 0 Å². The molecule has 1 amide bonds. The van der Waals surface area contributed by atoms with E-state index in [9.17, 15) is 4.79 Å². The Hall–Kier alpha value is -4.24. The lowest BCUT2D eigenvalue weighted by Gasteiger charge is -2.34. The molecule has 0 bridgehead atoms. The molecule has 1 aliphatic rings. The Labute approximate surface area is 266 Å². The standard InChI is InChI=1S/C34H32Cl2N6O2/c1-44-26-8-2-6-25(15-26)29-19-39-31(41-29)21-42(30-9-3-5-24-7-4-14-38-33(24)30)20-23-12-10-22(11-13-23)16-40-34(43)32-27(35)17-37-18-28(32)36/h2,4,6-8,10-15,17-19,30H,3,5,9,16,20-21H2,1H3,(H,39,41)(H,40,43). The van der Waals surface area contributed by atoms with Gasteiger partial charge in [-0.1, -0.05) is 65.7 Å². The van der Waals surface area contributed by atoms with Crippen LogP contribution in [-0.2, 0) is 26.1 Å². The van der Waals surface area contributed by atoms with Gasteiger partial charge in [0, 0.05) is 43.4 Å². The van der Waals surface area contributed by atoms with Gasteiger partial charge in [0.2, 0.25) is 0 Å². The SMILES string of the molecule is COc1cccc(-c2c[nH]c(CN(Cc3ccc(CNC(=O)c4c(Cl)cncc4Cl)cc3)C3CCCc4cccnc43)n2)c1. The van der Waals surface area contributed by atoms with Crippen LogP contribution in [0, 0.1) is 0 Å². The minimum absolute atomic E-state index is 0.166. The van der Waals surface area contributed by atoms with Crippen molar-refractivity contribution >= 4 is 29.1 Å². The van der Waals surface area contributed by atoms with Gasteiger partial charge in [-0.15, -0.1) is 0 Å². The number of fused-ring (bicyclic) bond motifs is 1. The fourth-order valence-corrected chi connectivity index (χ4v) is 6.21. The molecule has 0 radical (unpaired) electrons. The molecular weight excluding hydrogens is 595 g/mol. The van der Waals surface area contributed by atoms with E-state index >= 15 is 0 Å². The summed E-state index contributed by atoms with van der Waals surface area (Å²) >= 11 is 12.3. The molecule has 5 aromatic rings. The third-order valence-corrected chi connectivity index (χ3v) is 8.47. The molecule has 0 aliphatic heterocycles. The number of carbonyl (C=O) groups is 1. The van der Waals surface area contributed by atoms with E-state index < -0.39 is 0 Å². The van der Waals surface area contributed by atoms with Crippen molar-refractivity contribution in [2.24, 2.45) is 0 Å². The van der Waals surface area contributed by atoms with Gasteiger partial charge >= 0.3 is 0 Å². The second-order valence-corrected chi connectivity index (χ2v) is 11.6. The first-order valence-corrected chi connectivity index (χ1v) is 15.3. The number of pyridine rings is 2. The van der Waals surface area contributed by atoms with Crippen molar-refractivity contribution in [2.75, 3.05) is 7.11 Å². The summed E-state index contributed by atoms with van der Waals surface area (Å²) in [5.74, 6) is 1.35. The highest BCUT2D eigenvalue weighted by Gasteiger charge is 2.28. The van der Waals surface area contributed by atoms with Gasteiger partial charge in [-0.05, 0) is 54.2 Å². The summed E-state index contributed by atoms with van der Waals surface area (Å²) in [6.07, 6.45) is 9.83. The van der Waals surface area contributed by atoms with Gasteiger partial charge in [-0.3, -0.25) is 19.7 Å². The zero-order valence-electron chi connectivity index (χ0n) is 24.3. The van der Waals surface area contributed by atoms with Crippen LogP contribution in [0.1, 0.15) is 57.5 Å². The van der Waals surface area contributed by atoms with Crippen molar-refractivity contribution in [3.63, 3.8) is 0 Å². The Morgan fingerprint density at radius 3 is 2.64 bits per heavy atom. The monoisotopic (exact) mass is 626 g/mol. The van der Waals surface area contributed by atoms with Crippen LogP contribution in [0.5, 0.6) is 5.75 Å². The summed E-state index contributed by atoms with van der Waals surface area (Å²) < 4.78 is 5.40. The average molecular weight is 628 g/mol. The number of ether oxygens (including phenoxy) is 1. The zero-order valence-corrected chi connectivity index (χ0v) is 25.8. The van der Waals surface area contributed by atoms with E-state index in [1.54, 1.807) is 7.11 Å². The van der Waals surface area contributed by atoms with E-state index in [4.69, 9.17) is 37.9 Å². The predicted octanol–water partition coefficient (Wildman–Crippen LogP) is 7.19. The molecule has 8 nitrogen and oxygen atoms in total. The predicted molar refractivity (Wildman–Crippen MR) is 172 cm³/mol. The lowest BCUT2D eigenvalue weighted by molar-refractivity contribution is 0.0951. The van der Waals surface area contributed by atoms with E-state index in [2.05, 4.69) is 38.4 Å². The number of rotatable bonds is 10. The molecule has 3 aromatic heterocycles. The van der Waals surface area contributed by atoms with E-state index in [1.165, 1.54) is 18.0 Å². The lowest BCUT2D eigenvalue weighted by atomic mass is 9.90. The Bertz CT molecular complexity index is 1740. The number of halogens is 2. The molecule has 10 heteroatoms. The van der Waals surface area contributed by atoms with E-state index in [0.717, 1.165) is 58.9 Å². The topological polar surface area (TPSA) is 96.0 Å². The number of nitrogens with one attached hydrogen (secondary N) is 2. The van der Waals surface area contributed by atoms with Crippen LogP contribution in [0.4, 0.5) is 0 Å². The van der Waals surface area contributed by atoms with Gasteiger partial charge in [0.25, 0.3) is 5.91 Å². The number of H-pyrrole nitrogens is 1. The van der Waals surface area contributed by atoms with Gasteiger partial charge in [0.05, 0.1) is 46.7 Å². The van der Waals surface area contributed by atoms with E-state index in [1.807, 2.05) is 54.9 Å². The molecule has 0 saturated heterocycles. The Morgan fingerprint density at radius 2 is 1.84 bits per heavy atom. The van der Waals surface area contributed by atoms with Crippen molar-refractivity contribution in [2.45, 2.75) is 44.9 Å². The summed E-state index contributed by atoms with van der Waals surface area (Å²) in [6, 6.07) is 20.6. The van der Waals surface area contributed by atoms with Crippen molar-refractivity contribution in [3.05, 3.63) is 129 Å².